The van der Waals surface area contributed by atoms with Crippen LogP contribution in [0.2, 0.25) is 5.02 Å². The minimum atomic E-state index is -1.10. The SMILES string of the molecule is N#Cc1cncn1CC(O)(CCc1ccc(Cl)cc1)c1ccccc1. The lowest BCUT2D eigenvalue weighted by molar-refractivity contribution is 0.00961. The van der Waals surface area contributed by atoms with Gasteiger partial charge in [-0.3, -0.25) is 0 Å². The third-order valence-electron chi connectivity index (χ3n) is 4.31. The molecule has 2 aromatic carbocycles. The van der Waals surface area contributed by atoms with Crippen LogP contribution in [0.3, 0.4) is 0 Å². The number of rotatable bonds is 6. The molecule has 5 heteroatoms. The molecular weight excluding hydrogens is 334 g/mol. The van der Waals surface area contributed by atoms with Crippen molar-refractivity contribution in [1.29, 1.82) is 5.26 Å². The number of hydrogen-bond acceptors (Lipinski definition) is 3. The van der Waals surface area contributed by atoms with E-state index in [9.17, 15) is 10.4 Å². The molecule has 25 heavy (non-hydrogen) atoms. The highest BCUT2D eigenvalue weighted by Crippen LogP contribution is 2.29. The predicted molar refractivity (Wildman–Crippen MR) is 97.1 cm³/mol. The first kappa shape index (κ1) is 17.2. The zero-order valence-electron chi connectivity index (χ0n) is 13.6. The molecular formula is C20H18ClN3O. The van der Waals surface area contributed by atoms with Crippen molar-refractivity contribution in [2.45, 2.75) is 25.0 Å². The zero-order chi connectivity index (χ0) is 17.7. The normalized spacial score (nSPS) is 13.2. The van der Waals surface area contributed by atoms with Crippen LogP contribution < -0.4 is 0 Å². The van der Waals surface area contributed by atoms with Crippen LogP contribution in [-0.2, 0) is 18.6 Å². The summed E-state index contributed by atoms with van der Waals surface area (Å²) in [7, 11) is 0. The molecule has 3 rings (SSSR count). The van der Waals surface area contributed by atoms with E-state index in [-0.39, 0.29) is 6.54 Å². The Morgan fingerprint density at radius 2 is 1.84 bits per heavy atom. The van der Waals surface area contributed by atoms with Crippen LogP contribution >= 0.6 is 11.6 Å². The Balaban J connectivity index is 1.86. The number of aromatic nitrogens is 2. The van der Waals surface area contributed by atoms with Gasteiger partial charge in [0.05, 0.1) is 19.1 Å². The third kappa shape index (κ3) is 4.08. The largest absolute Gasteiger partial charge is 0.383 e. The zero-order valence-corrected chi connectivity index (χ0v) is 14.4. The number of imidazole rings is 1. The fraction of sp³-hybridized carbons (Fsp3) is 0.200. The van der Waals surface area contributed by atoms with Gasteiger partial charge >= 0.3 is 0 Å². The van der Waals surface area contributed by atoms with Crippen molar-refractivity contribution in [3.63, 3.8) is 0 Å². The van der Waals surface area contributed by atoms with Crippen molar-refractivity contribution in [2.24, 2.45) is 0 Å². The predicted octanol–water partition coefficient (Wildman–Crippen LogP) is 3.93. The second-order valence-electron chi connectivity index (χ2n) is 6.04. The minimum Gasteiger partial charge on any atom is -0.383 e. The van der Waals surface area contributed by atoms with Gasteiger partial charge in [0, 0.05) is 5.02 Å². The molecule has 126 valence electrons. The van der Waals surface area contributed by atoms with E-state index in [0.29, 0.717) is 23.6 Å². The van der Waals surface area contributed by atoms with E-state index in [1.165, 1.54) is 6.20 Å². The summed E-state index contributed by atoms with van der Waals surface area (Å²) >= 11 is 5.94. The lowest BCUT2D eigenvalue weighted by Gasteiger charge is -2.29. The first-order valence-electron chi connectivity index (χ1n) is 8.03. The Labute approximate surface area is 151 Å². The van der Waals surface area contributed by atoms with E-state index < -0.39 is 5.60 Å². The molecule has 4 nitrogen and oxygen atoms in total. The first-order chi connectivity index (χ1) is 12.1. The Kier molecular flexibility index (Phi) is 5.18. The summed E-state index contributed by atoms with van der Waals surface area (Å²) in [6, 6.07) is 19.3. The molecule has 0 spiro atoms. The summed E-state index contributed by atoms with van der Waals surface area (Å²) in [5.41, 5.74) is 1.25. The average molecular weight is 352 g/mol. The molecule has 0 saturated heterocycles. The smallest absolute Gasteiger partial charge is 0.140 e. The van der Waals surface area contributed by atoms with Crippen LogP contribution in [0, 0.1) is 11.3 Å². The first-order valence-corrected chi connectivity index (χ1v) is 8.41. The minimum absolute atomic E-state index is 0.271. The molecule has 0 bridgehead atoms. The van der Waals surface area contributed by atoms with Gasteiger partial charge in [-0.1, -0.05) is 54.1 Å². The monoisotopic (exact) mass is 351 g/mol. The highest BCUT2D eigenvalue weighted by atomic mass is 35.5. The second kappa shape index (κ2) is 7.52. The fourth-order valence-electron chi connectivity index (χ4n) is 2.89. The molecule has 0 fully saturated rings. The maximum absolute atomic E-state index is 11.4. The Bertz CT molecular complexity index is 868. The molecule has 1 heterocycles. The standard InChI is InChI=1S/C20H18ClN3O/c21-18-8-6-16(7-9-18)10-11-20(25,17-4-2-1-3-5-17)14-24-15-23-13-19(24)12-22/h1-9,13,15,25H,10-11,14H2. The van der Waals surface area contributed by atoms with Crippen LogP contribution in [0.15, 0.2) is 67.1 Å². The molecule has 0 aliphatic carbocycles. The summed E-state index contributed by atoms with van der Waals surface area (Å²) < 4.78 is 1.69. The molecule has 0 saturated carbocycles. The number of nitriles is 1. The summed E-state index contributed by atoms with van der Waals surface area (Å²) in [6.07, 6.45) is 4.29. The summed E-state index contributed by atoms with van der Waals surface area (Å²) in [5, 5.41) is 21.3. The van der Waals surface area contributed by atoms with Gasteiger partial charge in [-0.25, -0.2) is 4.98 Å². The number of aryl methyl sites for hydroxylation is 1. The lowest BCUT2D eigenvalue weighted by Crippen LogP contribution is -2.32. The Morgan fingerprint density at radius 3 is 2.52 bits per heavy atom. The van der Waals surface area contributed by atoms with Gasteiger partial charge in [-0.05, 0) is 36.1 Å². The van der Waals surface area contributed by atoms with E-state index in [0.717, 1.165) is 11.1 Å². The number of aliphatic hydroxyl groups is 1. The molecule has 1 atom stereocenters. The highest BCUT2D eigenvalue weighted by Gasteiger charge is 2.30. The maximum atomic E-state index is 11.4. The molecule has 0 aliphatic rings. The Hall–Kier alpha value is -2.61. The van der Waals surface area contributed by atoms with Crippen molar-refractivity contribution < 1.29 is 5.11 Å². The molecule has 1 aromatic heterocycles. The third-order valence-corrected chi connectivity index (χ3v) is 4.56. The molecule has 1 unspecified atom stereocenters. The Morgan fingerprint density at radius 1 is 1.12 bits per heavy atom. The van der Waals surface area contributed by atoms with Crippen molar-refractivity contribution in [1.82, 2.24) is 9.55 Å². The van der Waals surface area contributed by atoms with Crippen LogP contribution in [0.4, 0.5) is 0 Å². The van der Waals surface area contributed by atoms with Gasteiger partial charge in [0.2, 0.25) is 0 Å². The van der Waals surface area contributed by atoms with Gasteiger partial charge in [-0.2, -0.15) is 5.26 Å². The number of benzene rings is 2. The van der Waals surface area contributed by atoms with E-state index in [1.807, 2.05) is 54.6 Å². The maximum Gasteiger partial charge on any atom is 0.140 e. The van der Waals surface area contributed by atoms with E-state index in [4.69, 9.17) is 11.6 Å². The lowest BCUT2D eigenvalue weighted by atomic mass is 9.87. The summed E-state index contributed by atoms with van der Waals surface area (Å²) in [6.45, 7) is 0.271. The summed E-state index contributed by atoms with van der Waals surface area (Å²) in [5.74, 6) is 0. The second-order valence-corrected chi connectivity index (χ2v) is 6.48. The van der Waals surface area contributed by atoms with Gasteiger partial charge in [0.1, 0.15) is 17.4 Å². The van der Waals surface area contributed by atoms with E-state index in [1.54, 1.807) is 10.9 Å². The number of nitrogens with zero attached hydrogens (tertiary/aromatic N) is 3. The molecule has 3 aromatic rings. The average Bonchev–Trinajstić information content (AvgIpc) is 3.09. The summed E-state index contributed by atoms with van der Waals surface area (Å²) in [4.78, 5) is 4.01. The van der Waals surface area contributed by atoms with Crippen LogP contribution in [0.1, 0.15) is 23.2 Å². The van der Waals surface area contributed by atoms with E-state index in [2.05, 4.69) is 11.1 Å². The topological polar surface area (TPSA) is 61.8 Å². The number of hydrogen-bond donors (Lipinski definition) is 1. The van der Waals surface area contributed by atoms with Gasteiger partial charge in [0.15, 0.2) is 0 Å². The van der Waals surface area contributed by atoms with Crippen molar-refractivity contribution >= 4 is 11.6 Å². The molecule has 1 N–H and O–H groups in total. The molecule has 0 aliphatic heterocycles. The number of halogens is 1. The molecule has 0 amide bonds. The van der Waals surface area contributed by atoms with Crippen molar-refractivity contribution in [2.75, 3.05) is 0 Å². The van der Waals surface area contributed by atoms with Crippen LogP contribution in [0.25, 0.3) is 0 Å². The van der Waals surface area contributed by atoms with Crippen molar-refractivity contribution in [3.8, 4) is 6.07 Å². The highest BCUT2D eigenvalue weighted by molar-refractivity contribution is 6.30. The van der Waals surface area contributed by atoms with Crippen LogP contribution in [0.5, 0.6) is 0 Å². The fourth-order valence-corrected chi connectivity index (χ4v) is 3.01. The van der Waals surface area contributed by atoms with Gasteiger partial charge in [-0.15, -0.1) is 0 Å². The van der Waals surface area contributed by atoms with E-state index >= 15 is 0 Å². The van der Waals surface area contributed by atoms with Crippen molar-refractivity contribution in [3.05, 3.63) is 89.0 Å². The van der Waals surface area contributed by atoms with Crippen LogP contribution in [-0.4, -0.2) is 14.7 Å². The quantitative estimate of drug-likeness (QED) is 0.732. The van der Waals surface area contributed by atoms with Gasteiger partial charge in [0.25, 0.3) is 0 Å². The van der Waals surface area contributed by atoms with Gasteiger partial charge < -0.3 is 9.67 Å². The molecule has 0 radical (unpaired) electrons.